The first-order chi connectivity index (χ1) is 13.1. The molecule has 0 aliphatic carbocycles. The number of amides is 2. The van der Waals surface area contributed by atoms with Crippen molar-refractivity contribution in [3.63, 3.8) is 0 Å². The number of halogens is 1. The van der Waals surface area contributed by atoms with Crippen molar-refractivity contribution in [1.82, 2.24) is 15.1 Å². The predicted molar refractivity (Wildman–Crippen MR) is 117 cm³/mol. The monoisotopic (exact) mass is 409 g/mol. The largest absolute Gasteiger partial charge is 0.339 e. The van der Waals surface area contributed by atoms with Gasteiger partial charge in [0.15, 0.2) is 0 Å². The van der Waals surface area contributed by atoms with Crippen LogP contribution in [0.5, 0.6) is 0 Å². The first-order valence-electron chi connectivity index (χ1n) is 10.4. The molecule has 28 heavy (non-hydrogen) atoms. The minimum atomic E-state index is 0. The Hall–Kier alpha value is -1.59. The summed E-state index contributed by atoms with van der Waals surface area (Å²) in [5.74, 6) is 0.777. The van der Waals surface area contributed by atoms with Gasteiger partial charge in [-0.2, -0.15) is 0 Å². The zero-order valence-corrected chi connectivity index (χ0v) is 18.4. The molecule has 2 rings (SSSR count). The van der Waals surface area contributed by atoms with E-state index in [2.05, 4.69) is 19.2 Å². The first-order valence-corrected chi connectivity index (χ1v) is 10.4. The second-order valence-corrected chi connectivity index (χ2v) is 7.50. The second-order valence-electron chi connectivity index (χ2n) is 7.50. The van der Waals surface area contributed by atoms with Gasteiger partial charge in [-0.05, 0) is 69.8 Å². The van der Waals surface area contributed by atoms with E-state index in [0.29, 0.717) is 17.0 Å². The molecule has 1 aromatic carbocycles. The number of nitrogens with zero attached hydrogens (tertiary/aromatic N) is 2. The van der Waals surface area contributed by atoms with Crippen molar-refractivity contribution in [2.24, 2.45) is 5.92 Å². The maximum atomic E-state index is 12.9. The van der Waals surface area contributed by atoms with Gasteiger partial charge in [-0.1, -0.05) is 19.9 Å². The molecule has 0 spiro atoms. The van der Waals surface area contributed by atoms with Crippen LogP contribution in [-0.4, -0.2) is 61.4 Å². The molecule has 0 bridgehead atoms. The van der Waals surface area contributed by atoms with E-state index in [1.165, 1.54) is 6.42 Å². The van der Waals surface area contributed by atoms with Gasteiger partial charge in [0.25, 0.3) is 11.8 Å². The Balaban J connectivity index is 0.00000392. The molecule has 1 saturated heterocycles. The average Bonchev–Trinajstić information content (AvgIpc) is 2.71. The van der Waals surface area contributed by atoms with Crippen LogP contribution in [0.1, 0.15) is 66.7 Å². The average molecular weight is 410 g/mol. The maximum Gasteiger partial charge on any atom is 0.253 e. The number of hydrogen-bond acceptors (Lipinski definition) is 3. The number of benzene rings is 1. The zero-order chi connectivity index (χ0) is 19.6. The standard InChI is InChI=1S/C22H35N3O2.ClH/c1-4-13-24(14-5-2)21(26)19-7-6-8-20(17-19)22(27)25-15-10-18(11-16-25)9-12-23-3;/h6-8,17-18,23H,4-5,9-16H2,1-3H3;1H. The van der Waals surface area contributed by atoms with Gasteiger partial charge < -0.3 is 15.1 Å². The molecular weight excluding hydrogens is 374 g/mol. The maximum absolute atomic E-state index is 12.9. The molecule has 2 amide bonds. The van der Waals surface area contributed by atoms with E-state index in [9.17, 15) is 9.59 Å². The normalized spacial score (nSPS) is 14.5. The molecule has 0 saturated carbocycles. The first kappa shape index (κ1) is 24.4. The minimum absolute atomic E-state index is 0. The molecule has 1 N–H and O–H groups in total. The van der Waals surface area contributed by atoms with Crippen molar-refractivity contribution in [3.8, 4) is 0 Å². The molecule has 0 aromatic heterocycles. The SMILES string of the molecule is CCCN(CCC)C(=O)c1cccc(C(=O)N2CCC(CCNC)CC2)c1.Cl. The minimum Gasteiger partial charge on any atom is -0.339 e. The summed E-state index contributed by atoms with van der Waals surface area (Å²) in [5, 5.41) is 3.20. The summed E-state index contributed by atoms with van der Waals surface area (Å²) in [5.41, 5.74) is 1.24. The fourth-order valence-corrected chi connectivity index (χ4v) is 3.78. The van der Waals surface area contributed by atoms with Crippen LogP contribution in [0.25, 0.3) is 0 Å². The molecule has 5 nitrogen and oxygen atoms in total. The lowest BCUT2D eigenvalue weighted by Gasteiger charge is -2.32. The van der Waals surface area contributed by atoms with E-state index in [-0.39, 0.29) is 24.2 Å². The van der Waals surface area contributed by atoms with Gasteiger partial charge in [-0.15, -0.1) is 12.4 Å². The highest BCUT2D eigenvalue weighted by molar-refractivity contribution is 5.99. The van der Waals surface area contributed by atoms with Crippen LogP contribution in [0, 0.1) is 5.92 Å². The lowest BCUT2D eigenvalue weighted by Crippen LogP contribution is -2.39. The molecule has 1 heterocycles. The molecule has 1 aliphatic rings. The van der Waals surface area contributed by atoms with E-state index < -0.39 is 0 Å². The van der Waals surface area contributed by atoms with Gasteiger partial charge in [0, 0.05) is 37.3 Å². The van der Waals surface area contributed by atoms with E-state index >= 15 is 0 Å². The van der Waals surface area contributed by atoms with Gasteiger partial charge in [0.05, 0.1) is 0 Å². The highest BCUT2D eigenvalue weighted by Gasteiger charge is 2.24. The number of carbonyl (C=O) groups excluding carboxylic acids is 2. The Morgan fingerprint density at radius 3 is 2.29 bits per heavy atom. The zero-order valence-electron chi connectivity index (χ0n) is 17.6. The number of piperidine rings is 1. The lowest BCUT2D eigenvalue weighted by atomic mass is 9.93. The van der Waals surface area contributed by atoms with E-state index in [0.717, 1.165) is 58.4 Å². The Morgan fingerprint density at radius 1 is 1.11 bits per heavy atom. The van der Waals surface area contributed by atoms with Gasteiger partial charge in [0.2, 0.25) is 0 Å². The van der Waals surface area contributed by atoms with Crippen LogP contribution >= 0.6 is 12.4 Å². The molecule has 1 fully saturated rings. The summed E-state index contributed by atoms with van der Waals surface area (Å²) in [6, 6.07) is 7.25. The van der Waals surface area contributed by atoms with Gasteiger partial charge in [0.1, 0.15) is 0 Å². The fraction of sp³-hybridized carbons (Fsp3) is 0.636. The van der Waals surface area contributed by atoms with E-state index in [4.69, 9.17) is 0 Å². The molecule has 1 aliphatic heterocycles. The summed E-state index contributed by atoms with van der Waals surface area (Å²) in [4.78, 5) is 29.5. The Bertz CT molecular complexity index is 610. The van der Waals surface area contributed by atoms with Gasteiger partial charge in [-0.25, -0.2) is 0 Å². The highest BCUT2D eigenvalue weighted by atomic mass is 35.5. The summed E-state index contributed by atoms with van der Waals surface area (Å²) >= 11 is 0. The Morgan fingerprint density at radius 2 is 1.71 bits per heavy atom. The second kappa shape index (κ2) is 12.8. The third-order valence-corrected chi connectivity index (χ3v) is 5.34. The fourth-order valence-electron chi connectivity index (χ4n) is 3.78. The number of likely N-dealkylation sites (tertiary alicyclic amines) is 1. The molecule has 0 atom stereocenters. The van der Waals surface area contributed by atoms with Crippen LogP contribution in [0.4, 0.5) is 0 Å². The van der Waals surface area contributed by atoms with Gasteiger partial charge in [-0.3, -0.25) is 9.59 Å². The van der Waals surface area contributed by atoms with Crippen LogP contribution in [0.3, 0.4) is 0 Å². The quantitative estimate of drug-likeness (QED) is 0.674. The molecular formula is C22H36ClN3O2. The molecule has 6 heteroatoms. The van der Waals surface area contributed by atoms with Crippen molar-refractivity contribution in [1.29, 1.82) is 0 Å². The summed E-state index contributed by atoms with van der Waals surface area (Å²) in [6.45, 7) is 8.32. The van der Waals surface area contributed by atoms with Crippen LogP contribution in [0.15, 0.2) is 24.3 Å². The number of rotatable bonds is 9. The number of hydrogen-bond donors (Lipinski definition) is 1. The van der Waals surface area contributed by atoms with Crippen LogP contribution in [-0.2, 0) is 0 Å². The summed E-state index contributed by atoms with van der Waals surface area (Å²) < 4.78 is 0. The number of carbonyl (C=O) groups is 2. The molecule has 1 aromatic rings. The van der Waals surface area contributed by atoms with E-state index in [1.807, 2.05) is 35.0 Å². The molecule has 0 unspecified atom stereocenters. The van der Waals surface area contributed by atoms with Crippen molar-refractivity contribution in [3.05, 3.63) is 35.4 Å². The Labute approximate surface area is 176 Å². The Kier molecular flexibility index (Phi) is 11.2. The topological polar surface area (TPSA) is 52.7 Å². The van der Waals surface area contributed by atoms with Crippen molar-refractivity contribution in [2.75, 3.05) is 39.8 Å². The molecule has 158 valence electrons. The summed E-state index contributed by atoms with van der Waals surface area (Å²) in [7, 11) is 1.98. The summed E-state index contributed by atoms with van der Waals surface area (Å²) in [6.07, 6.45) is 5.17. The van der Waals surface area contributed by atoms with Crippen molar-refractivity contribution < 1.29 is 9.59 Å². The highest BCUT2D eigenvalue weighted by Crippen LogP contribution is 2.22. The smallest absolute Gasteiger partial charge is 0.253 e. The third-order valence-electron chi connectivity index (χ3n) is 5.34. The van der Waals surface area contributed by atoms with Crippen LogP contribution < -0.4 is 5.32 Å². The lowest BCUT2D eigenvalue weighted by molar-refractivity contribution is 0.0687. The van der Waals surface area contributed by atoms with Crippen LogP contribution in [0.2, 0.25) is 0 Å². The third kappa shape index (κ3) is 6.78. The number of nitrogens with one attached hydrogen (secondary N) is 1. The van der Waals surface area contributed by atoms with Gasteiger partial charge >= 0.3 is 0 Å². The van der Waals surface area contributed by atoms with Crippen molar-refractivity contribution in [2.45, 2.75) is 46.0 Å². The molecule has 0 radical (unpaired) electrons. The predicted octanol–water partition coefficient (Wildman–Crippen LogP) is 3.83. The van der Waals surface area contributed by atoms with Crippen molar-refractivity contribution >= 4 is 24.2 Å². The van der Waals surface area contributed by atoms with E-state index in [1.54, 1.807) is 6.07 Å².